The number of hydrogen-bond acceptors (Lipinski definition) is 6. The van der Waals surface area contributed by atoms with Crippen molar-refractivity contribution in [1.29, 1.82) is 5.26 Å². The summed E-state index contributed by atoms with van der Waals surface area (Å²) in [5.41, 5.74) is 2.45. The second kappa shape index (κ2) is 10.6. The number of nitrogens with zero attached hydrogens (tertiary/aromatic N) is 2. The zero-order valence-corrected chi connectivity index (χ0v) is 19.6. The van der Waals surface area contributed by atoms with Crippen molar-refractivity contribution in [3.8, 4) is 17.6 Å². The third-order valence-electron chi connectivity index (χ3n) is 5.37. The summed E-state index contributed by atoms with van der Waals surface area (Å²) in [5, 5.41) is 12.2. The molecule has 3 aromatic carbocycles. The molecule has 0 spiro atoms. The average molecular weight is 468 g/mol. The number of nitrogens with one attached hydrogen (secondary N) is 1. The summed E-state index contributed by atoms with van der Waals surface area (Å²) < 4.78 is 11.2. The lowest BCUT2D eigenvalue weighted by molar-refractivity contribution is -0.120. The molecule has 1 aliphatic heterocycles. The minimum atomic E-state index is -0.483. The first-order valence-corrected chi connectivity index (χ1v) is 11.4. The second-order valence-corrected chi connectivity index (χ2v) is 7.81. The Hall–Kier alpha value is -4.57. The lowest BCUT2D eigenvalue weighted by Gasteiger charge is -2.15. The monoisotopic (exact) mass is 467 g/mol. The van der Waals surface area contributed by atoms with Gasteiger partial charge in [-0.2, -0.15) is 5.26 Å². The normalized spacial score (nSPS) is 13.1. The second-order valence-electron chi connectivity index (χ2n) is 7.81. The molecule has 0 saturated heterocycles. The summed E-state index contributed by atoms with van der Waals surface area (Å²) >= 11 is 0. The Bertz CT molecular complexity index is 1310. The molecule has 4 rings (SSSR count). The van der Waals surface area contributed by atoms with Gasteiger partial charge in [0.25, 0.3) is 11.8 Å². The van der Waals surface area contributed by atoms with Gasteiger partial charge in [0.05, 0.1) is 36.1 Å². The molecule has 0 radical (unpaired) electrons. The van der Waals surface area contributed by atoms with Crippen LogP contribution >= 0.6 is 0 Å². The maximum Gasteiger partial charge on any atom is 0.282 e. The molecular weight excluding hydrogens is 442 g/mol. The Morgan fingerprint density at radius 3 is 2.29 bits per heavy atom. The van der Waals surface area contributed by atoms with Crippen molar-refractivity contribution >= 4 is 28.8 Å². The van der Waals surface area contributed by atoms with Gasteiger partial charge >= 0.3 is 0 Å². The van der Waals surface area contributed by atoms with Gasteiger partial charge in [-0.05, 0) is 67.4 Å². The predicted molar refractivity (Wildman–Crippen MR) is 134 cm³/mol. The van der Waals surface area contributed by atoms with E-state index in [0.717, 1.165) is 11.3 Å². The Kier molecular flexibility index (Phi) is 7.12. The van der Waals surface area contributed by atoms with Crippen LogP contribution in [-0.2, 0) is 9.59 Å². The Balaban J connectivity index is 1.74. The van der Waals surface area contributed by atoms with Gasteiger partial charge in [-0.3, -0.25) is 9.59 Å². The van der Waals surface area contributed by atoms with E-state index >= 15 is 0 Å². The number of carbonyl (C=O) groups excluding carboxylic acids is 2. The number of carbonyl (C=O) groups is 2. The van der Waals surface area contributed by atoms with Crippen molar-refractivity contribution in [3.63, 3.8) is 0 Å². The molecule has 1 aliphatic rings. The summed E-state index contributed by atoms with van der Waals surface area (Å²) in [5.74, 6) is 0.405. The molecule has 7 heteroatoms. The molecule has 0 unspecified atom stereocenters. The number of ether oxygens (including phenoxy) is 2. The van der Waals surface area contributed by atoms with Crippen molar-refractivity contribution in [1.82, 2.24) is 0 Å². The summed E-state index contributed by atoms with van der Waals surface area (Å²) in [7, 11) is 0. The summed E-state index contributed by atoms with van der Waals surface area (Å²) in [6, 6.07) is 22.7. The van der Waals surface area contributed by atoms with Crippen LogP contribution in [-0.4, -0.2) is 25.0 Å². The lowest BCUT2D eigenvalue weighted by Crippen LogP contribution is -2.32. The number of amides is 2. The third kappa shape index (κ3) is 5.02. The van der Waals surface area contributed by atoms with Crippen LogP contribution < -0.4 is 19.7 Å². The number of rotatable bonds is 9. The first kappa shape index (κ1) is 23.6. The molecule has 2 amide bonds. The van der Waals surface area contributed by atoms with Crippen molar-refractivity contribution < 1.29 is 19.1 Å². The van der Waals surface area contributed by atoms with Crippen molar-refractivity contribution in [2.75, 3.05) is 23.4 Å². The first-order chi connectivity index (χ1) is 17.0. The van der Waals surface area contributed by atoms with E-state index in [2.05, 4.69) is 5.32 Å². The van der Waals surface area contributed by atoms with Gasteiger partial charge in [0.1, 0.15) is 17.2 Å². The number of benzene rings is 3. The standard InChI is InChI=1S/C28H25N3O4/c1-3-16-35-24-7-5-6-21(17-24)30-26-25(20-10-14-23(15-11-20)34-4-2)27(32)31(28(26)33)22-12-8-19(18-29)9-13-22/h5-15,17,30H,3-4,16H2,1-2H3. The third-order valence-corrected chi connectivity index (χ3v) is 5.37. The minimum Gasteiger partial charge on any atom is -0.494 e. The molecule has 0 saturated carbocycles. The van der Waals surface area contributed by atoms with E-state index in [-0.39, 0.29) is 11.3 Å². The van der Waals surface area contributed by atoms with Gasteiger partial charge in [0, 0.05) is 11.8 Å². The van der Waals surface area contributed by atoms with Crippen molar-refractivity contribution in [2.45, 2.75) is 20.3 Å². The van der Waals surface area contributed by atoms with E-state index in [9.17, 15) is 9.59 Å². The van der Waals surface area contributed by atoms with Crippen LogP contribution in [0.15, 0.2) is 78.5 Å². The highest BCUT2D eigenvalue weighted by Crippen LogP contribution is 2.35. The maximum absolute atomic E-state index is 13.6. The van der Waals surface area contributed by atoms with Crippen molar-refractivity contribution in [3.05, 3.63) is 89.6 Å². The van der Waals surface area contributed by atoms with Gasteiger partial charge in [-0.25, -0.2) is 4.90 Å². The van der Waals surface area contributed by atoms with E-state index in [1.165, 1.54) is 0 Å². The maximum atomic E-state index is 13.6. The highest BCUT2D eigenvalue weighted by Gasteiger charge is 2.40. The minimum absolute atomic E-state index is 0.163. The fraction of sp³-hybridized carbons (Fsp3) is 0.179. The number of anilines is 2. The van der Waals surface area contributed by atoms with Gasteiger partial charge < -0.3 is 14.8 Å². The van der Waals surface area contributed by atoms with Crippen LogP contribution in [0.1, 0.15) is 31.4 Å². The van der Waals surface area contributed by atoms with E-state index in [4.69, 9.17) is 14.7 Å². The molecule has 1 N–H and O–H groups in total. The summed E-state index contributed by atoms with van der Waals surface area (Å²) in [6.07, 6.45) is 0.872. The lowest BCUT2D eigenvalue weighted by atomic mass is 10.0. The molecule has 35 heavy (non-hydrogen) atoms. The molecule has 0 aromatic heterocycles. The molecule has 1 heterocycles. The molecule has 0 aliphatic carbocycles. The average Bonchev–Trinajstić information content (AvgIpc) is 3.12. The molecule has 0 bridgehead atoms. The van der Waals surface area contributed by atoms with Gasteiger partial charge in [0.2, 0.25) is 0 Å². The topological polar surface area (TPSA) is 91.7 Å². The number of nitriles is 1. The summed E-state index contributed by atoms with van der Waals surface area (Å²) in [4.78, 5) is 28.2. The smallest absolute Gasteiger partial charge is 0.282 e. The van der Waals surface area contributed by atoms with Crippen molar-refractivity contribution in [2.24, 2.45) is 0 Å². The van der Waals surface area contributed by atoms with Gasteiger partial charge in [-0.15, -0.1) is 0 Å². The van der Waals surface area contributed by atoms with E-state index < -0.39 is 11.8 Å². The fourth-order valence-electron chi connectivity index (χ4n) is 3.75. The number of hydrogen-bond donors (Lipinski definition) is 1. The van der Waals surface area contributed by atoms with Crippen LogP contribution in [0.3, 0.4) is 0 Å². The highest BCUT2D eigenvalue weighted by atomic mass is 16.5. The fourth-order valence-corrected chi connectivity index (χ4v) is 3.75. The van der Waals surface area contributed by atoms with Crippen LogP contribution in [0.25, 0.3) is 5.57 Å². The molecular formula is C28H25N3O4. The van der Waals surface area contributed by atoms with Crippen LogP contribution in [0.5, 0.6) is 11.5 Å². The van der Waals surface area contributed by atoms with E-state index in [1.54, 1.807) is 54.6 Å². The Labute approximate surface area is 204 Å². The molecule has 7 nitrogen and oxygen atoms in total. The molecule has 3 aromatic rings. The van der Waals surface area contributed by atoms with E-state index in [0.29, 0.717) is 47.2 Å². The largest absolute Gasteiger partial charge is 0.494 e. The van der Waals surface area contributed by atoms with Crippen LogP contribution in [0, 0.1) is 11.3 Å². The van der Waals surface area contributed by atoms with Gasteiger partial charge in [0.15, 0.2) is 0 Å². The molecule has 176 valence electrons. The quantitative estimate of drug-likeness (QED) is 0.438. The Morgan fingerprint density at radius 1 is 0.886 bits per heavy atom. The zero-order chi connectivity index (χ0) is 24.8. The Morgan fingerprint density at radius 2 is 1.63 bits per heavy atom. The zero-order valence-electron chi connectivity index (χ0n) is 19.6. The van der Waals surface area contributed by atoms with E-state index in [1.807, 2.05) is 38.1 Å². The van der Waals surface area contributed by atoms with Gasteiger partial charge in [-0.1, -0.05) is 25.1 Å². The summed E-state index contributed by atoms with van der Waals surface area (Å²) in [6.45, 7) is 5.02. The molecule has 0 atom stereocenters. The number of imide groups is 1. The highest BCUT2D eigenvalue weighted by molar-refractivity contribution is 6.46. The first-order valence-electron chi connectivity index (χ1n) is 11.4. The predicted octanol–water partition coefficient (Wildman–Crippen LogP) is 5.14. The van der Waals surface area contributed by atoms with Crippen LogP contribution in [0.4, 0.5) is 11.4 Å². The van der Waals surface area contributed by atoms with Crippen LogP contribution in [0.2, 0.25) is 0 Å². The SMILES string of the molecule is CCCOc1cccc(NC2=C(c3ccc(OCC)cc3)C(=O)N(c3ccc(C#N)cc3)C2=O)c1. The molecule has 0 fully saturated rings.